The summed E-state index contributed by atoms with van der Waals surface area (Å²) < 4.78 is 0. The minimum atomic E-state index is 0.627. The van der Waals surface area contributed by atoms with Gasteiger partial charge in [0.1, 0.15) is 10.9 Å². The summed E-state index contributed by atoms with van der Waals surface area (Å²) in [5, 5.41) is 12.2. The van der Waals surface area contributed by atoms with E-state index in [9.17, 15) is 0 Å². The SMILES string of the molecule is CC(NCc1ccc(C#N)s1)C1CC1. The molecule has 1 heterocycles. The van der Waals surface area contributed by atoms with Gasteiger partial charge in [-0.15, -0.1) is 11.3 Å². The van der Waals surface area contributed by atoms with Crippen molar-refractivity contribution in [1.29, 1.82) is 5.26 Å². The Hall–Kier alpha value is -0.850. The monoisotopic (exact) mass is 206 g/mol. The van der Waals surface area contributed by atoms with E-state index in [2.05, 4.69) is 18.3 Å². The van der Waals surface area contributed by atoms with E-state index in [1.807, 2.05) is 12.1 Å². The van der Waals surface area contributed by atoms with Gasteiger partial charge in [0.05, 0.1) is 0 Å². The highest BCUT2D eigenvalue weighted by molar-refractivity contribution is 7.12. The number of thiophene rings is 1. The second kappa shape index (κ2) is 4.12. The van der Waals surface area contributed by atoms with E-state index >= 15 is 0 Å². The largest absolute Gasteiger partial charge is 0.309 e. The Labute approximate surface area is 88.6 Å². The van der Waals surface area contributed by atoms with Crippen LogP contribution in [0.5, 0.6) is 0 Å². The molecule has 1 N–H and O–H groups in total. The molecule has 2 nitrogen and oxygen atoms in total. The van der Waals surface area contributed by atoms with Crippen molar-refractivity contribution in [1.82, 2.24) is 5.32 Å². The fourth-order valence-corrected chi connectivity index (χ4v) is 2.31. The lowest BCUT2D eigenvalue weighted by Crippen LogP contribution is -2.26. The molecular formula is C11H14N2S. The van der Waals surface area contributed by atoms with Crippen molar-refractivity contribution < 1.29 is 0 Å². The van der Waals surface area contributed by atoms with Crippen LogP contribution in [0.4, 0.5) is 0 Å². The topological polar surface area (TPSA) is 35.8 Å². The van der Waals surface area contributed by atoms with Gasteiger partial charge < -0.3 is 5.32 Å². The van der Waals surface area contributed by atoms with Crippen LogP contribution in [0.2, 0.25) is 0 Å². The number of nitriles is 1. The molecule has 0 radical (unpaired) electrons. The van der Waals surface area contributed by atoms with Crippen molar-refractivity contribution in [2.45, 2.75) is 32.4 Å². The molecule has 1 aliphatic rings. The van der Waals surface area contributed by atoms with Crippen molar-refractivity contribution >= 4 is 11.3 Å². The lowest BCUT2D eigenvalue weighted by Gasteiger charge is -2.10. The summed E-state index contributed by atoms with van der Waals surface area (Å²) in [4.78, 5) is 2.06. The standard InChI is InChI=1S/C11H14N2S/c1-8(9-2-3-9)13-7-11-5-4-10(6-12)14-11/h4-5,8-9,13H,2-3,7H2,1H3. The summed E-state index contributed by atoms with van der Waals surface area (Å²) in [7, 11) is 0. The first-order valence-corrected chi connectivity index (χ1v) is 5.83. The third-order valence-corrected chi connectivity index (χ3v) is 3.69. The first-order valence-electron chi connectivity index (χ1n) is 5.02. The smallest absolute Gasteiger partial charge is 0.110 e. The second-order valence-corrected chi connectivity index (χ2v) is 5.05. The average molecular weight is 206 g/mol. The Balaban J connectivity index is 1.82. The van der Waals surface area contributed by atoms with Crippen molar-refractivity contribution in [3.05, 3.63) is 21.9 Å². The molecule has 1 atom stereocenters. The Kier molecular flexibility index (Phi) is 2.85. The van der Waals surface area contributed by atoms with E-state index in [1.54, 1.807) is 11.3 Å². The van der Waals surface area contributed by atoms with E-state index in [0.29, 0.717) is 6.04 Å². The van der Waals surface area contributed by atoms with E-state index in [1.165, 1.54) is 17.7 Å². The van der Waals surface area contributed by atoms with E-state index in [0.717, 1.165) is 17.3 Å². The van der Waals surface area contributed by atoms with E-state index in [-0.39, 0.29) is 0 Å². The van der Waals surface area contributed by atoms with Gasteiger partial charge in [-0.2, -0.15) is 5.26 Å². The van der Waals surface area contributed by atoms with Gasteiger partial charge >= 0.3 is 0 Å². The molecule has 0 spiro atoms. The Morgan fingerprint density at radius 2 is 2.43 bits per heavy atom. The maximum Gasteiger partial charge on any atom is 0.110 e. The Morgan fingerprint density at radius 3 is 3.00 bits per heavy atom. The highest BCUT2D eigenvalue weighted by Crippen LogP contribution is 2.32. The van der Waals surface area contributed by atoms with Gasteiger partial charge in [-0.3, -0.25) is 0 Å². The predicted octanol–water partition coefficient (Wildman–Crippen LogP) is 2.51. The highest BCUT2D eigenvalue weighted by Gasteiger charge is 2.27. The molecule has 1 aromatic heterocycles. The molecule has 3 heteroatoms. The summed E-state index contributed by atoms with van der Waals surface area (Å²) in [5.74, 6) is 0.894. The molecule has 14 heavy (non-hydrogen) atoms. The number of hydrogen-bond donors (Lipinski definition) is 1. The molecular weight excluding hydrogens is 192 g/mol. The summed E-state index contributed by atoms with van der Waals surface area (Å²) in [6, 6.07) is 6.72. The fraction of sp³-hybridized carbons (Fsp3) is 0.545. The fourth-order valence-electron chi connectivity index (χ4n) is 1.56. The second-order valence-electron chi connectivity index (χ2n) is 3.88. The first-order chi connectivity index (χ1) is 6.79. The lowest BCUT2D eigenvalue weighted by atomic mass is 10.2. The van der Waals surface area contributed by atoms with Crippen LogP contribution in [0.1, 0.15) is 29.5 Å². The predicted molar refractivity (Wildman–Crippen MR) is 58.1 cm³/mol. The minimum absolute atomic E-state index is 0.627. The van der Waals surface area contributed by atoms with Crippen molar-refractivity contribution in [2.24, 2.45) is 5.92 Å². The molecule has 0 bridgehead atoms. The maximum atomic E-state index is 8.67. The zero-order valence-electron chi connectivity index (χ0n) is 8.29. The van der Waals surface area contributed by atoms with Crippen LogP contribution in [-0.4, -0.2) is 6.04 Å². The zero-order chi connectivity index (χ0) is 9.97. The molecule has 0 saturated heterocycles. The molecule has 1 saturated carbocycles. The first kappa shape index (κ1) is 9.70. The third-order valence-electron chi connectivity index (χ3n) is 2.70. The van der Waals surface area contributed by atoms with E-state index < -0.39 is 0 Å². The summed E-state index contributed by atoms with van der Waals surface area (Å²) >= 11 is 1.58. The van der Waals surface area contributed by atoms with E-state index in [4.69, 9.17) is 5.26 Å². The zero-order valence-corrected chi connectivity index (χ0v) is 9.10. The van der Waals surface area contributed by atoms with Crippen LogP contribution in [-0.2, 0) is 6.54 Å². The summed E-state index contributed by atoms with van der Waals surface area (Å²) in [5.41, 5.74) is 0. The maximum absolute atomic E-state index is 8.67. The number of nitrogens with one attached hydrogen (secondary N) is 1. The van der Waals surface area contributed by atoms with Gasteiger partial charge in [-0.1, -0.05) is 0 Å². The number of nitrogens with zero attached hydrogens (tertiary/aromatic N) is 1. The van der Waals surface area contributed by atoms with Gasteiger partial charge in [-0.25, -0.2) is 0 Å². The van der Waals surface area contributed by atoms with Crippen LogP contribution < -0.4 is 5.32 Å². The van der Waals surface area contributed by atoms with Gasteiger partial charge in [0.2, 0.25) is 0 Å². The molecule has 1 aliphatic carbocycles. The van der Waals surface area contributed by atoms with Crippen LogP contribution in [0, 0.1) is 17.2 Å². The molecule has 0 amide bonds. The van der Waals surface area contributed by atoms with Crippen LogP contribution >= 0.6 is 11.3 Å². The minimum Gasteiger partial charge on any atom is -0.309 e. The average Bonchev–Trinajstić information content (AvgIpc) is 2.94. The third kappa shape index (κ3) is 2.34. The van der Waals surface area contributed by atoms with Crippen molar-refractivity contribution in [3.8, 4) is 6.07 Å². The van der Waals surface area contributed by atoms with Crippen molar-refractivity contribution in [3.63, 3.8) is 0 Å². The van der Waals surface area contributed by atoms with Gasteiger partial charge in [0.25, 0.3) is 0 Å². The van der Waals surface area contributed by atoms with Crippen LogP contribution in [0.3, 0.4) is 0 Å². The summed E-state index contributed by atoms with van der Waals surface area (Å²) in [6.45, 7) is 3.15. The Morgan fingerprint density at radius 1 is 1.64 bits per heavy atom. The van der Waals surface area contributed by atoms with Crippen LogP contribution in [0.15, 0.2) is 12.1 Å². The molecule has 2 rings (SSSR count). The van der Waals surface area contributed by atoms with Crippen LogP contribution in [0.25, 0.3) is 0 Å². The van der Waals surface area contributed by atoms with Crippen molar-refractivity contribution in [2.75, 3.05) is 0 Å². The van der Waals surface area contributed by atoms with Gasteiger partial charge in [0, 0.05) is 17.5 Å². The molecule has 0 aliphatic heterocycles. The normalized spacial score (nSPS) is 17.7. The molecule has 1 fully saturated rings. The quantitative estimate of drug-likeness (QED) is 0.821. The highest BCUT2D eigenvalue weighted by atomic mass is 32.1. The molecule has 74 valence electrons. The molecule has 0 aromatic carbocycles. The summed E-state index contributed by atoms with van der Waals surface area (Å²) in [6.07, 6.45) is 2.75. The lowest BCUT2D eigenvalue weighted by molar-refractivity contribution is 0.499. The number of rotatable bonds is 4. The van der Waals surface area contributed by atoms with Gasteiger partial charge in [-0.05, 0) is 37.8 Å². The number of hydrogen-bond acceptors (Lipinski definition) is 3. The molecule has 1 aromatic rings. The molecule has 1 unspecified atom stereocenters. The van der Waals surface area contributed by atoms with Gasteiger partial charge in [0.15, 0.2) is 0 Å². The Bertz CT molecular complexity index is 346.